The summed E-state index contributed by atoms with van der Waals surface area (Å²) in [6.45, 7) is -0.369. The van der Waals surface area contributed by atoms with E-state index in [4.69, 9.17) is 5.11 Å². The molecule has 0 aliphatic heterocycles. The minimum atomic E-state index is -1.05. The van der Waals surface area contributed by atoms with Crippen molar-refractivity contribution in [1.82, 2.24) is 5.32 Å². The number of rotatable bonds is 3. The molecule has 2 aromatic carbocycles. The molecule has 0 atom stereocenters. The SMILES string of the molecule is O=C(O)CNC(=O)c1ccc2c(c1)-c1ccccc1-2. The Morgan fingerprint density at radius 1 is 0.947 bits per heavy atom. The lowest BCUT2D eigenvalue weighted by Crippen LogP contribution is -2.29. The number of carboxylic acids is 1. The number of amides is 1. The number of nitrogens with one attached hydrogen (secondary N) is 1. The van der Waals surface area contributed by atoms with E-state index < -0.39 is 5.97 Å². The molecule has 0 radical (unpaired) electrons. The Labute approximate surface area is 109 Å². The zero-order valence-electron chi connectivity index (χ0n) is 10.0. The molecule has 19 heavy (non-hydrogen) atoms. The second-order valence-electron chi connectivity index (χ2n) is 4.38. The van der Waals surface area contributed by atoms with E-state index in [0.717, 1.165) is 16.7 Å². The Hall–Kier alpha value is -2.62. The molecule has 3 rings (SSSR count). The smallest absolute Gasteiger partial charge is 0.322 e. The van der Waals surface area contributed by atoms with Crippen molar-refractivity contribution in [2.45, 2.75) is 0 Å². The van der Waals surface area contributed by atoms with Gasteiger partial charge in [0.1, 0.15) is 6.54 Å². The summed E-state index contributed by atoms with van der Waals surface area (Å²) in [5.41, 5.74) is 4.97. The third kappa shape index (κ3) is 1.87. The molecule has 0 saturated carbocycles. The van der Waals surface area contributed by atoms with Crippen LogP contribution in [0.15, 0.2) is 42.5 Å². The van der Waals surface area contributed by atoms with Crippen molar-refractivity contribution in [3.63, 3.8) is 0 Å². The number of hydrogen-bond donors (Lipinski definition) is 2. The van der Waals surface area contributed by atoms with Gasteiger partial charge in [0.05, 0.1) is 0 Å². The summed E-state index contributed by atoms with van der Waals surface area (Å²) in [4.78, 5) is 22.2. The van der Waals surface area contributed by atoms with Crippen LogP contribution in [0.2, 0.25) is 0 Å². The molecule has 4 nitrogen and oxygen atoms in total. The first-order valence-corrected chi connectivity index (χ1v) is 5.90. The molecule has 0 heterocycles. The quantitative estimate of drug-likeness (QED) is 0.751. The van der Waals surface area contributed by atoms with Gasteiger partial charge in [-0.1, -0.05) is 30.3 Å². The predicted molar refractivity (Wildman–Crippen MR) is 70.8 cm³/mol. The van der Waals surface area contributed by atoms with Crippen LogP contribution >= 0.6 is 0 Å². The maximum absolute atomic E-state index is 11.8. The van der Waals surface area contributed by atoms with Crippen LogP contribution in [0.1, 0.15) is 10.4 Å². The summed E-state index contributed by atoms with van der Waals surface area (Å²) in [5.74, 6) is -1.42. The van der Waals surface area contributed by atoms with Crippen LogP contribution in [0.4, 0.5) is 0 Å². The van der Waals surface area contributed by atoms with E-state index in [2.05, 4.69) is 5.32 Å². The highest BCUT2D eigenvalue weighted by Gasteiger charge is 2.22. The Kier molecular flexibility index (Phi) is 2.56. The molecule has 1 aliphatic carbocycles. The fraction of sp³-hybridized carbons (Fsp3) is 0.0667. The van der Waals surface area contributed by atoms with Gasteiger partial charge in [-0.3, -0.25) is 9.59 Å². The highest BCUT2D eigenvalue weighted by Crippen LogP contribution is 2.46. The van der Waals surface area contributed by atoms with Crippen molar-refractivity contribution in [2.75, 3.05) is 6.54 Å². The summed E-state index contributed by atoms with van der Waals surface area (Å²) in [6, 6.07) is 13.4. The van der Waals surface area contributed by atoms with Crippen LogP contribution in [0, 0.1) is 0 Å². The van der Waals surface area contributed by atoms with Gasteiger partial charge in [-0.15, -0.1) is 0 Å². The van der Waals surface area contributed by atoms with E-state index in [1.54, 1.807) is 12.1 Å². The first-order valence-electron chi connectivity index (χ1n) is 5.90. The van der Waals surface area contributed by atoms with E-state index in [-0.39, 0.29) is 12.5 Å². The van der Waals surface area contributed by atoms with E-state index in [0.29, 0.717) is 5.56 Å². The van der Waals surface area contributed by atoms with E-state index in [1.165, 1.54) is 5.56 Å². The Bertz CT molecular complexity index is 692. The Balaban J connectivity index is 1.86. The molecule has 0 bridgehead atoms. The molecule has 2 N–H and O–H groups in total. The van der Waals surface area contributed by atoms with Gasteiger partial charge in [0.15, 0.2) is 0 Å². The van der Waals surface area contributed by atoms with Gasteiger partial charge in [-0.05, 0) is 34.4 Å². The van der Waals surface area contributed by atoms with Gasteiger partial charge >= 0.3 is 5.97 Å². The fourth-order valence-corrected chi connectivity index (χ4v) is 2.29. The van der Waals surface area contributed by atoms with Gasteiger partial charge < -0.3 is 10.4 Å². The molecule has 0 aromatic heterocycles. The summed E-state index contributed by atoms with van der Waals surface area (Å²) in [6.07, 6.45) is 0. The lowest BCUT2D eigenvalue weighted by Gasteiger charge is -2.24. The topological polar surface area (TPSA) is 66.4 Å². The highest BCUT2D eigenvalue weighted by molar-refractivity contribution is 6.06. The van der Waals surface area contributed by atoms with Crippen LogP contribution < -0.4 is 5.32 Å². The average molecular weight is 253 g/mol. The van der Waals surface area contributed by atoms with E-state index >= 15 is 0 Å². The lowest BCUT2D eigenvalue weighted by molar-refractivity contribution is -0.135. The molecule has 2 aromatic rings. The van der Waals surface area contributed by atoms with Gasteiger partial charge in [-0.25, -0.2) is 0 Å². The Morgan fingerprint density at radius 2 is 1.58 bits per heavy atom. The third-order valence-corrected chi connectivity index (χ3v) is 3.19. The second kappa shape index (κ2) is 4.24. The van der Waals surface area contributed by atoms with Gasteiger partial charge in [0, 0.05) is 5.56 Å². The predicted octanol–water partition coefficient (Wildman–Crippen LogP) is 2.15. The molecule has 0 saturated heterocycles. The van der Waals surface area contributed by atoms with Crippen LogP contribution in [0.25, 0.3) is 22.3 Å². The first kappa shape index (κ1) is 11.5. The number of fused-ring (bicyclic) bond motifs is 4. The van der Waals surface area contributed by atoms with Crippen LogP contribution in [-0.4, -0.2) is 23.5 Å². The van der Waals surface area contributed by atoms with Gasteiger partial charge in [-0.2, -0.15) is 0 Å². The maximum atomic E-state index is 11.8. The zero-order valence-corrected chi connectivity index (χ0v) is 10.0. The number of carboxylic acid groups (broad SMARTS) is 1. The molecule has 0 spiro atoms. The lowest BCUT2D eigenvalue weighted by atomic mass is 9.80. The normalized spacial score (nSPS) is 10.9. The van der Waals surface area contributed by atoms with E-state index in [9.17, 15) is 9.59 Å². The van der Waals surface area contributed by atoms with Crippen molar-refractivity contribution in [2.24, 2.45) is 0 Å². The minimum Gasteiger partial charge on any atom is -0.480 e. The summed E-state index contributed by atoms with van der Waals surface area (Å²) in [5, 5.41) is 10.9. The van der Waals surface area contributed by atoms with Gasteiger partial charge in [0.2, 0.25) is 0 Å². The number of aliphatic carboxylic acids is 1. The van der Waals surface area contributed by atoms with Crippen molar-refractivity contribution in [3.05, 3.63) is 48.0 Å². The van der Waals surface area contributed by atoms with Crippen LogP contribution in [-0.2, 0) is 4.79 Å². The maximum Gasteiger partial charge on any atom is 0.322 e. The first-order chi connectivity index (χ1) is 9.16. The second-order valence-corrected chi connectivity index (χ2v) is 4.38. The third-order valence-electron chi connectivity index (χ3n) is 3.19. The number of hydrogen-bond acceptors (Lipinski definition) is 2. The highest BCUT2D eigenvalue weighted by atomic mass is 16.4. The fourth-order valence-electron chi connectivity index (χ4n) is 2.29. The van der Waals surface area contributed by atoms with E-state index in [1.807, 2.05) is 30.3 Å². The molecular formula is C15H11NO3. The van der Waals surface area contributed by atoms with Gasteiger partial charge in [0.25, 0.3) is 5.91 Å². The number of carbonyl (C=O) groups excluding carboxylic acids is 1. The molecule has 1 amide bonds. The average Bonchev–Trinajstić information content (AvgIpc) is 2.41. The summed E-state index contributed by atoms with van der Waals surface area (Å²) in [7, 11) is 0. The van der Waals surface area contributed by atoms with Crippen molar-refractivity contribution in [1.29, 1.82) is 0 Å². The minimum absolute atomic E-state index is 0.366. The Morgan fingerprint density at radius 3 is 2.26 bits per heavy atom. The molecule has 0 unspecified atom stereocenters. The van der Waals surface area contributed by atoms with Crippen LogP contribution in [0.5, 0.6) is 0 Å². The van der Waals surface area contributed by atoms with Crippen molar-refractivity contribution >= 4 is 11.9 Å². The monoisotopic (exact) mass is 253 g/mol. The molecule has 4 heteroatoms. The zero-order chi connectivity index (χ0) is 13.4. The number of carbonyl (C=O) groups is 2. The van der Waals surface area contributed by atoms with Crippen molar-refractivity contribution < 1.29 is 14.7 Å². The summed E-state index contributed by atoms with van der Waals surface area (Å²) < 4.78 is 0. The summed E-state index contributed by atoms with van der Waals surface area (Å²) >= 11 is 0. The molecular weight excluding hydrogens is 242 g/mol. The molecule has 94 valence electrons. The largest absolute Gasteiger partial charge is 0.480 e. The van der Waals surface area contributed by atoms with Crippen LogP contribution in [0.3, 0.4) is 0 Å². The number of benzene rings is 2. The standard InChI is InChI=1S/C15H11NO3/c17-14(18)8-16-15(19)9-5-6-12-10-3-1-2-4-11(10)13(12)7-9/h1-7H,8H2,(H,16,19)(H,17,18). The van der Waals surface area contributed by atoms with Crippen molar-refractivity contribution in [3.8, 4) is 22.3 Å². The molecule has 0 fully saturated rings. The molecule has 1 aliphatic rings.